The number of anilines is 2. The van der Waals surface area contributed by atoms with Crippen LogP contribution in [0, 0.1) is 6.92 Å². The number of carbonyl (C=O) groups excluding carboxylic acids is 1. The number of halogens is 1. The highest BCUT2D eigenvalue weighted by Gasteiger charge is 2.08. The van der Waals surface area contributed by atoms with E-state index in [0.29, 0.717) is 16.5 Å². The van der Waals surface area contributed by atoms with Gasteiger partial charge in [-0.25, -0.2) is 9.97 Å². The highest BCUT2D eigenvalue weighted by molar-refractivity contribution is 9.10. The maximum absolute atomic E-state index is 11.8. The van der Waals surface area contributed by atoms with Crippen molar-refractivity contribution in [1.29, 1.82) is 0 Å². The van der Waals surface area contributed by atoms with Crippen LogP contribution in [-0.2, 0) is 11.2 Å². The average molecular weight is 327 g/mol. The Hall–Kier alpha value is -1.47. The number of carbonyl (C=O) groups is 1. The van der Waals surface area contributed by atoms with Crippen molar-refractivity contribution in [1.82, 2.24) is 9.97 Å². The summed E-state index contributed by atoms with van der Waals surface area (Å²) >= 11 is 4.63. The molecule has 2 rings (SSSR count). The van der Waals surface area contributed by atoms with Gasteiger partial charge in [-0.15, -0.1) is 11.3 Å². The molecule has 0 aliphatic carbocycles. The SMILES string of the molecule is Cc1cc(NC(=O)Cc2csc(N)n2)cnc1Br. The molecule has 2 heterocycles. The van der Waals surface area contributed by atoms with E-state index in [4.69, 9.17) is 5.73 Å². The highest BCUT2D eigenvalue weighted by atomic mass is 79.9. The second-order valence-corrected chi connectivity index (χ2v) is 5.37. The molecule has 0 fully saturated rings. The maximum atomic E-state index is 11.8. The Labute approximate surface area is 117 Å². The van der Waals surface area contributed by atoms with Crippen LogP contribution in [0.4, 0.5) is 10.8 Å². The summed E-state index contributed by atoms with van der Waals surface area (Å²) in [7, 11) is 0. The van der Waals surface area contributed by atoms with Crippen molar-refractivity contribution >= 4 is 44.0 Å². The molecule has 94 valence electrons. The van der Waals surface area contributed by atoms with Gasteiger partial charge in [0.15, 0.2) is 5.13 Å². The van der Waals surface area contributed by atoms with Crippen molar-refractivity contribution in [3.63, 3.8) is 0 Å². The van der Waals surface area contributed by atoms with Gasteiger partial charge in [-0.3, -0.25) is 4.79 Å². The zero-order chi connectivity index (χ0) is 13.1. The van der Waals surface area contributed by atoms with Crippen LogP contribution in [0.2, 0.25) is 0 Å². The van der Waals surface area contributed by atoms with Crippen LogP contribution in [-0.4, -0.2) is 15.9 Å². The molecule has 5 nitrogen and oxygen atoms in total. The standard InChI is InChI=1S/C11H11BrN4OS/c1-6-2-7(4-14-10(6)12)15-9(17)3-8-5-18-11(13)16-8/h2,4-5H,3H2,1H3,(H2,13,16)(H,15,17). The van der Waals surface area contributed by atoms with Gasteiger partial charge >= 0.3 is 0 Å². The second-order valence-electron chi connectivity index (χ2n) is 3.73. The Morgan fingerprint density at radius 1 is 1.61 bits per heavy atom. The first-order valence-corrected chi connectivity index (χ1v) is 6.84. The van der Waals surface area contributed by atoms with Gasteiger partial charge in [0.1, 0.15) is 4.60 Å². The predicted octanol–water partition coefficient (Wildman–Crippen LogP) is 2.37. The van der Waals surface area contributed by atoms with Crippen molar-refractivity contribution in [2.45, 2.75) is 13.3 Å². The first-order valence-electron chi connectivity index (χ1n) is 5.16. The third-order valence-electron chi connectivity index (χ3n) is 2.21. The Bertz CT molecular complexity index is 584. The number of rotatable bonds is 3. The Balaban J connectivity index is 2.00. The molecule has 0 aliphatic heterocycles. The highest BCUT2D eigenvalue weighted by Crippen LogP contribution is 2.17. The molecular formula is C11H11BrN4OS. The van der Waals surface area contributed by atoms with E-state index in [-0.39, 0.29) is 12.3 Å². The molecule has 0 spiro atoms. The van der Waals surface area contributed by atoms with E-state index >= 15 is 0 Å². The topological polar surface area (TPSA) is 80.9 Å². The Kier molecular flexibility index (Phi) is 3.93. The van der Waals surface area contributed by atoms with Gasteiger partial charge in [-0.2, -0.15) is 0 Å². The third-order valence-corrected chi connectivity index (χ3v) is 3.76. The number of pyridine rings is 1. The van der Waals surface area contributed by atoms with Crippen LogP contribution in [0.5, 0.6) is 0 Å². The molecular weight excluding hydrogens is 316 g/mol. The minimum absolute atomic E-state index is 0.135. The van der Waals surface area contributed by atoms with Crippen LogP contribution in [0.3, 0.4) is 0 Å². The lowest BCUT2D eigenvalue weighted by molar-refractivity contribution is -0.115. The molecule has 2 aromatic heterocycles. The monoisotopic (exact) mass is 326 g/mol. The first-order chi connectivity index (χ1) is 8.54. The van der Waals surface area contributed by atoms with Crippen LogP contribution in [0.15, 0.2) is 22.2 Å². The number of hydrogen-bond acceptors (Lipinski definition) is 5. The number of aromatic nitrogens is 2. The van der Waals surface area contributed by atoms with Crippen molar-refractivity contribution < 1.29 is 4.79 Å². The van der Waals surface area contributed by atoms with Crippen molar-refractivity contribution in [3.8, 4) is 0 Å². The van der Waals surface area contributed by atoms with Gasteiger partial charge in [-0.05, 0) is 34.5 Å². The van der Waals surface area contributed by atoms with E-state index in [9.17, 15) is 4.79 Å². The van der Waals surface area contributed by atoms with Crippen LogP contribution in [0.1, 0.15) is 11.3 Å². The largest absolute Gasteiger partial charge is 0.375 e. The maximum Gasteiger partial charge on any atom is 0.230 e. The zero-order valence-corrected chi connectivity index (χ0v) is 12.0. The molecule has 0 atom stereocenters. The van der Waals surface area contributed by atoms with Gasteiger partial charge in [0.25, 0.3) is 0 Å². The smallest absolute Gasteiger partial charge is 0.230 e. The number of aryl methyl sites for hydroxylation is 1. The number of nitrogen functional groups attached to an aromatic ring is 1. The first kappa shape index (κ1) is 13.0. The zero-order valence-electron chi connectivity index (χ0n) is 9.61. The Morgan fingerprint density at radius 2 is 2.39 bits per heavy atom. The normalized spacial score (nSPS) is 10.3. The molecule has 18 heavy (non-hydrogen) atoms. The van der Waals surface area contributed by atoms with Gasteiger partial charge in [0.05, 0.1) is 24.0 Å². The fraction of sp³-hybridized carbons (Fsp3) is 0.182. The molecule has 2 aromatic rings. The number of nitrogens with zero attached hydrogens (tertiary/aromatic N) is 2. The van der Waals surface area contributed by atoms with Gasteiger partial charge in [0.2, 0.25) is 5.91 Å². The lowest BCUT2D eigenvalue weighted by Crippen LogP contribution is -2.15. The molecule has 0 saturated heterocycles. The molecule has 0 bridgehead atoms. The van der Waals surface area contributed by atoms with E-state index in [0.717, 1.165) is 10.2 Å². The van der Waals surface area contributed by atoms with E-state index in [2.05, 4.69) is 31.2 Å². The van der Waals surface area contributed by atoms with Crippen LogP contribution in [0.25, 0.3) is 0 Å². The number of hydrogen-bond donors (Lipinski definition) is 2. The minimum Gasteiger partial charge on any atom is -0.375 e. The minimum atomic E-state index is -0.135. The fourth-order valence-corrected chi connectivity index (χ4v) is 2.18. The molecule has 0 aliphatic rings. The summed E-state index contributed by atoms with van der Waals surface area (Å²) < 4.78 is 0.771. The van der Waals surface area contributed by atoms with Crippen LogP contribution >= 0.6 is 27.3 Å². The summed E-state index contributed by atoms with van der Waals surface area (Å²) in [5, 5.41) is 5.02. The summed E-state index contributed by atoms with van der Waals surface area (Å²) in [5.41, 5.74) is 7.82. The molecule has 0 radical (unpaired) electrons. The van der Waals surface area contributed by atoms with E-state index in [1.54, 1.807) is 11.6 Å². The quantitative estimate of drug-likeness (QED) is 0.848. The molecule has 1 amide bonds. The van der Waals surface area contributed by atoms with E-state index < -0.39 is 0 Å². The van der Waals surface area contributed by atoms with E-state index in [1.807, 2.05) is 13.0 Å². The number of nitrogens with one attached hydrogen (secondary N) is 1. The van der Waals surface area contributed by atoms with Crippen molar-refractivity contribution in [2.24, 2.45) is 0 Å². The van der Waals surface area contributed by atoms with Gasteiger partial charge in [0, 0.05) is 5.38 Å². The van der Waals surface area contributed by atoms with Gasteiger partial charge < -0.3 is 11.1 Å². The summed E-state index contributed by atoms with van der Waals surface area (Å²) in [4.78, 5) is 19.9. The molecule has 0 unspecified atom stereocenters. The van der Waals surface area contributed by atoms with Crippen LogP contribution < -0.4 is 11.1 Å². The summed E-state index contributed by atoms with van der Waals surface area (Å²) in [6.07, 6.45) is 1.81. The number of thiazole rings is 1. The van der Waals surface area contributed by atoms with Crippen molar-refractivity contribution in [2.75, 3.05) is 11.1 Å². The average Bonchev–Trinajstić information content (AvgIpc) is 2.69. The Morgan fingerprint density at radius 3 is 3.00 bits per heavy atom. The summed E-state index contributed by atoms with van der Waals surface area (Å²) in [6.45, 7) is 1.91. The van der Waals surface area contributed by atoms with Gasteiger partial charge in [-0.1, -0.05) is 0 Å². The molecule has 0 aromatic carbocycles. The van der Waals surface area contributed by atoms with E-state index in [1.165, 1.54) is 11.3 Å². The summed E-state index contributed by atoms with van der Waals surface area (Å²) in [6, 6.07) is 1.85. The molecule has 0 saturated carbocycles. The summed E-state index contributed by atoms with van der Waals surface area (Å²) in [5.74, 6) is -0.135. The van der Waals surface area contributed by atoms with Crippen molar-refractivity contribution in [3.05, 3.63) is 33.5 Å². The molecule has 3 N–H and O–H groups in total. The second kappa shape index (κ2) is 5.45. The number of amides is 1. The number of nitrogens with two attached hydrogens (primary N) is 1. The molecule has 7 heteroatoms. The third kappa shape index (κ3) is 3.27. The predicted molar refractivity (Wildman–Crippen MR) is 75.5 cm³/mol. The lowest BCUT2D eigenvalue weighted by atomic mass is 10.2. The lowest BCUT2D eigenvalue weighted by Gasteiger charge is -2.05. The fourth-order valence-electron chi connectivity index (χ4n) is 1.40.